The van der Waals surface area contributed by atoms with Crippen LogP contribution in [0.25, 0.3) is 0 Å². The molecule has 2 aromatic rings. The molecule has 29 heavy (non-hydrogen) atoms. The Hall–Kier alpha value is -3.95. The van der Waals surface area contributed by atoms with E-state index < -0.39 is 29.1 Å². The summed E-state index contributed by atoms with van der Waals surface area (Å²) in [7, 11) is 0. The van der Waals surface area contributed by atoms with Crippen molar-refractivity contribution in [1.29, 1.82) is 0 Å². The number of ether oxygens (including phenoxy) is 3. The summed E-state index contributed by atoms with van der Waals surface area (Å²) in [6.07, 6.45) is 0. The number of ketones is 1. The Morgan fingerprint density at radius 1 is 1.14 bits per heavy atom. The van der Waals surface area contributed by atoms with E-state index in [0.29, 0.717) is 11.3 Å². The van der Waals surface area contributed by atoms with Crippen LogP contribution in [0.4, 0.5) is 11.4 Å². The maximum atomic E-state index is 12.3. The van der Waals surface area contributed by atoms with Gasteiger partial charge in [-0.3, -0.25) is 19.7 Å². The number of Topliss-reactive ketones (excluding diaryl/α,β-unsaturated/α-hetero) is 1. The van der Waals surface area contributed by atoms with Gasteiger partial charge in [-0.1, -0.05) is 12.1 Å². The molecular formula is C19H16N2O8. The summed E-state index contributed by atoms with van der Waals surface area (Å²) in [5.41, 5.74) is -0.116. The van der Waals surface area contributed by atoms with E-state index in [1.165, 1.54) is 13.0 Å². The summed E-state index contributed by atoms with van der Waals surface area (Å²) in [6.45, 7) is 1.19. The minimum atomic E-state index is -1.05. The van der Waals surface area contributed by atoms with Gasteiger partial charge in [0.2, 0.25) is 0 Å². The van der Waals surface area contributed by atoms with Gasteiger partial charge in [0.1, 0.15) is 18.8 Å². The van der Waals surface area contributed by atoms with E-state index in [1.54, 1.807) is 18.2 Å². The molecule has 1 heterocycles. The highest BCUT2D eigenvalue weighted by atomic mass is 16.6. The van der Waals surface area contributed by atoms with Crippen LogP contribution in [-0.2, 0) is 9.53 Å². The number of esters is 1. The van der Waals surface area contributed by atoms with Gasteiger partial charge in [0.05, 0.1) is 11.0 Å². The van der Waals surface area contributed by atoms with Gasteiger partial charge in [-0.2, -0.15) is 0 Å². The Balaban J connectivity index is 1.69. The Labute approximate surface area is 164 Å². The predicted molar refractivity (Wildman–Crippen MR) is 99.4 cm³/mol. The van der Waals surface area contributed by atoms with Gasteiger partial charge in [0.25, 0.3) is 11.6 Å². The zero-order valence-corrected chi connectivity index (χ0v) is 15.3. The Morgan fingerprint density at radius 2 is 1.83 bits per heavy atom. The minimum Gasteiger partial charge on any atom is -0.486 e. The second kappa shape index (κ2) is 8.38. The molecule has 0 aromatic heterocycles. The lowest BCUT2D eigenvalue weighted by molar-refractivity contribution is -0.385. The second-order valence-electron chi connectivity index (χ2n) is 6.03. The van der Waals surface area contributed by atoms with Crippen LogP contribution in [0.15, 0.2) is 36.4 Å². The highest BCUT2D eigenvalue weighted by Crippen LogP contribution is 2.36. The van der Waals surface area contributed by atoms with Crippen LogP contribution >= 0.6 is 0 Å². The van der Waals surface area contributed by atoms with Crippen molar-refractivity contribution < 1.29 is 33.5 Å². The van der Waals surface area contributed by atoms with E-state index in [1.807, 2.05) is 0 Å². The van der Waals surface area contributed by atoms with Crippen LogP contribution in [0, 0.1) is 10.1 Å². The van der Waals surface area contributed by atoms with Crippen LogP contribution in [0.5, 0.6) is 11.5 Å². The zero-order chi connectivity index (χ0) is 21.0. The van der Waals surface area contributed by atoms with Gasteiger partial charge in [0, 0.05) is 17.3 Å². The normalized spacial score (nSPS) is 12.0. The molecule has 10 heteroatoms. The van der Waals surface area contributed by atoms with Crippen molar-refractivity contribution in [2.24, 2.45) is 0 Å². The van der Waals surface area contributed by atoms with Gasteiger partial charge >= 0.3 is 5.97 Å². The number of carbonyl (C=O) groups is 3. The molecule has 0 saturated heterocycles. The number of hydrogen-bond acceptors (Lipinski definition) is 8. The first-order chi connectivity index (χ1) is 13.8. The van der Waals surface area contributed by atoms with E-state index in [-0.39, 0.29) is 36.1 Å². The number of hydrogen-bond donors (Lipinski definition) is 1. The molecule has 3 rings (SSSR count). The van der Waals surface area contributed by atoms with Gasteiger partial charge in [-0.05, 0) is 19.1 Å². The molecule has 1 aliphatic heterocycles. The highest BCUT2D eigenvalue weighted by molar-refractivity contribution is 5.99. The molecule has 10 nitrogen and oxygen atoms in total. The SMILES string of the molecule is CC(=O)c1cccc(NC(=O)COC(=O)c2cc3c(cc2[N+](=O)[O-])OCCO3)c1. The maximum Gasteiger partial charge on any atom is 0.345 e. The lowest BCUT2D eigenvalue weighted by Crippen LogP contribution is -2.22. The molecule has 1 aliphatic rings. The zero-order valence-electron chi connectivity index (χ0n) is 15.3. The molecule has 0 radical (unpaired) electrons. The summed E-state index contributed by atoms with van der Waals surface area (Å²) in [6, 6.07) is 8.48. The molecule has 0 bridgehead atoms. The Morgan fingerprint density at radius 3 is 2.48 bits per heavy atom. The highest BCUT2D eigenvalue weighted by Gasteiger charge is 2.27. The van der Waals surface area contributed by atoms with Crippen LogP contribution in [0.2, 0.25) is 0 Å². The van der Waals surface area contributed by atoms with Crippen molar-refractivity contribution in [3.05, 3.63) is 57.6 Å². The number of nitro groups is 1. The van der Waals surface area contributed by atoms with Crippen LogP contribution in [-0.4, -0.2) is 42.4 Å². The molecule has 0 fully saturated rings. The number of fused-ring (bicyclic) bond motifs is 1. The third-order valence-electron chi connectivity index (χ3n) is 3.96. The monoisotopic (exact) mass is 400 g/mol. The van der Waals surface area contributed by atoms with Crippen molar-refractivity contribution in [3.8, 4) is 11.5 Å². The predicted octanol–water partition coefficient (Wildman–Crippen LogP) is 2.36. The molecular weight excluding hydrogens is 384 g/mol. The van der Waals surface area contributed by atoms with Gasteiger partial charge in [-0.25, -0.2) is 4.79 Å². The molecule has 0 aliphatic carbocycles. The number of anilines is 1. The Kier molecular flexibility index (Phi) is 5.72. The maximum absolute atomic E-state index is 12.3. The number of carbonyl (C=O) groups excluding carboxylic acids is 3. The molecule has 0 unspecified atom stereocenters. The lowest BCUT2D eigenvalue weighted by atomic mass is 10.1. The average molecular weight is 400 g/mol. The van der Waals surface area contributed by atoms with Crippen molar-refractivity contribution in [2.45, 2.75) is 6.92 Å². The topological polar surface area (TPSA) is 134 Å². The third-order valence-corrected chi connectivity index (χ3v) is 3.96. The smallest absolute Gasteiger partial charge is 0.345 e. The van der Waals surface area contributed by atoms with E-state index in [0.717, 1.165) is 12.1 Å². The van der Waals surface area contributed by atoms with Crippen molar-refractivity contribution in [2.75, 3.05) is 25.1 Å². The standard InChI is InChI=1S/C19H16N2O8/c1-11(22)12-3-2-4-13(7-12)20-18(23)10-29-19(24)14-8-16-17(28-6-5-27-16)9-15(14)21(25)26/h2-4,7-9H,5-6,10H2,1H3,(H,20,23). The number of nitrogens with one attached hydrogen (secondary N) is 1. The summed E-state index contributed by atoms with van der Waals surface area (Å²) >= 11 is 0. The average Bonchev–Trinajstić information content (AvgIpc) is 2.71. The lowest BCUT2D eigenvalue weighted by Gasteiger charge is -2.18. The van der Waals surface area contributed by atoms with Crippen LogP contribution in [0.3, 0.4) is 0 Å². The van der Waals surface area contributed by atoms with E-state index in [2.05, 4.69) is 5.32 Å². The first kappa shape index (κ1) is 19.8. The fourth-order valence-electron chi connectivity index (χ4n) is 2.61. The number of rotatable bonds is 6. The van der Waals surface area contributed by atoms with E-state index in [4.69, 9.17) is 14.2 Å². The van der Waals surface area contributed by atoms with Gasteiger partial charge in [-0.15, -0.1) is 0 Å². The first-order valence-electron chi connectivity index (χ1n) is 8.51. The summed E-state index contributed by atoms with van der Waals surface area (Å²) in [4.78, 5) is 46.3. The summed E-state index contributed by atoms with van der Waals surface area (Å²) in [5, 5.41) is 13.8. The van der Waals surface area contributed by atoms with E-state index >= 15 is 0 Å². The third kappa shape index (κ3) is 4.67. The number of nitro benzene ring substituents is 1. The van der Waals surface area contributed by atoms with Crippen LogP contribution in [0.1, 0.15) is 27.6 Å². The summed E-state index contributed by atoms with van der Waals surface area (Å²) in [5.74, 6) is -1.55. The van der Waals surface area contributed by atoms with E-state index in [9.17, 15) is 24.5 Å². The molecule has 1 amide bonds. The largest absolute Gasteiger partial charge is 0.486 e. The van der Waals surface area contributed by atoms with Crippen LogP contribution < -0.4 is 14.8 Å². The number of nitrogens with zero attached hydrogens (tertiary/aromatic N) is 1. The molecule has 0 saturated carbocycles. The second-order valence-corrected chi connectivity index (χ2v) is 6.03. The van der Waals surface area contributed by atoms with Gasteiger partial charge < -0.3 is 19.5 Å². The quantitative estimate of drug-likeness (QED) is 0.338. The fourth-order valence-corrected chi connectivity index (χ4v) is 2.61. The molecule has 0 spiro atoms. The molecule has 150 valence electrons. The fraction of sp³-hybridized carbons (Fsp3) is 0.211. The van der Waals surface area contributed by atoms with Crippen molar-refractivity contribution in [1.82, 2.24) is 0 Å². The van der Waals surface area contributed by atoms with Gasteiger partial charge in [0.15, 0.2) is 23.9 Å². The number of amides is 1. The minimum absolute atomic E-state index is 0.155. The van der Waals surface area contributed by atoms with Crippen molar-refractivity contribution in [3.63, 3.8) is 0 Å². The Bertz CT molecular complexity index is 1000. The first-order valence-corrected chi connectivity index (χ1v) is 8.51. The number of benzene rings is 2. The molecule has 2 aromatic carbocycles. The molecule has 1 N–H and O–H groups in total. The molecule has 0 atom stereocenters. The van der Waals surface area contributed by atoms with Crippen molar-refractivity contribution >= 4 is 29.0 Å². The summed E-state index contributed by atoms with van der Waals surface area (Å²) < 4.78 is 15.5.